The van der Waals surface area contributed by atoms with Crippen LogP contribution < -0.4 is 15.4 Å². The van der Waals surface area contributed by atoms with E-state index < -0.39 is 0 Å². The normalized spacial score (nSPS) is 12.6. The lowest BCUT2D eigenvalue weighted by Gasteiger charge is -2.12. The molecule has 1 aliphatic carbocycles. The molecule has 0 radical (unpaired) electrons. The Hall–Kier alpha value is -4.16. The lowest BCUT2D eigenvalue weighted by atomic mass is 10.1. The molecule has 0 unspecified atom stereocenters. The molecule has 0 saturated heterocycles. The van der Waals surface area contributed by atoms with Gasteiger partial charge >= 0.3 is 5.97 Å². The largest absolute Gasteiger partial charge is 0.497 e. The van der Waals surface area contributed by atoms with E-state index in [1.54, 1.807) is 14.0 Å². The summed E-state index contributed by atoms with van der Waals surface area (Å²) in [5.74, 6) is 0.607. The Kier molecular flexibility index (Phi) is 11.3. The zero-order valence-corrected chi connectivity index (χ0v) is 27.1. The van der Waals surface area contributed by atoms with Gasteiger partial charge in [0.2, 0.25) is 11.8 Å². The number of hydrogen-bond donors (Lipinski definition) is 2. The molecule has 5 rings (SSSR count). The van der Waals surface area contributed by atoms with Gasteiger partial charge in [-0.1, -0.05) is 60.6 Å². The van der Waals surface area contributed by atoms with Crippen LogP contribution in [0.5, 0.6) is 5.75 Å². The highest BCUT2D eigenvalue weighted by Crippen LogP contribution is 2.38. The van der Waals surface area contributed by atoms with Gasteiger partial charge in [-0.3, -0.25) is 9.59 Å². The minimum absolute atomic E-state index is 0.0710. The summed E-state index contributed by atoms with van der Waals surface area (Å²) in [6.45, 7) is 2.72. The second-order valence-corrected chi connectivity index (χ2v) is 12.6. The summed E-state index contributed by atoms with van der Waals surface area (Å²) in [6.07, 6.45) is 5.14. The fourth-order valence-electron chi connectivity index (χ4n) is 5.19. The van der Waals surface area contributed by atoms with Crippen LogP contribution in [0.2, 0.25) is 0 Å². The Morgan fingerprint density at radius 3 is 2.49 bits per heavy atom. The predicted octanol–water partition coefficient (Wildman–Crippen LogP) is 5.43. The first kappa shape index (κ1) is 32.2. The predicted molar refractivity (Wildman–Crippen MR) is 175 cm³/mol. The van der Waals surface area contributed by atoms with E-state index in [0.29, 0.717) is 28.1 Å². The van der Waals surface area contributed by atoms with Crippen molar-refractivity contribution in [1.82, 2.24) is 20.1 Å². The summed E-state index contributed by atoms with van der Waals surface area (Å²) in [4.78, 5) is 40.0. The first-order valence-corrected chi connectivity index (χ1v) is 16.8. The number of esters is 1. The first-order valence-electron chi connectivity index (χ1n) is 15.0. The topological polar surface area (TPSA) is 124 Å². The van der Waals surface area contributed by atoms with Gasteiger partial charge < -0.3 is 24.7 Å². The number of carbonyl (C=O) groups excluding carboxylic acids is 3. The molecule has 1 aliphatic rings. The molecule has 0 fully saturated rings. The molecule has 2 amide bonds. The van der Waals surface area contributed by atoms with Gasteiger partial charge in [0.15, 0.2) is 11.0 Å². The number of methoxy groups -OCH3 is 1. The monoisotopic (exact) mass is 647 g/mol. The van der Waals surface area contributed by atoms with Crippen LogP contribution in [0.3, 0.4) is 0 Å². The second-order valence-electron chi connectivity index (χ2n) is 10.6. The minimum Gasteiger partial charge on any atom is -0.497 e. The van der Waals surface area contributed by atoms with Crippen molar-refractivity contribution in [2.45, 2.75) is 63.7 Å². The molecule has 2 N–H and O–H groups in total. The van der Waals surface area contributed by atoms with Crippen molar-refractivity contribution in [1.29, 1.82) is 0 Å². The third-order valence-electron chi connectivity index (χ3n) is 7.43. The number of benzene rings is 2. The summed E-state index contributed by atoms with van der Waals surface area (Å²) < 4.78 is 12.5. The molecule has 0 spiro atoms. The van der Waals surface area contributed by atoms with Crippen molar-refractivity contribution in [3.05, 3.63) is 87.6 Å². The standard InChI is InChI=1S/C33H37N5O5S2/c1-3-43-32(41)30-25-12-8-5-9-13-26(25)45-31(30)35-29(40)21-44-33-37-36-27(38(33)20-23-10-6-4-7-11-23)19-34-28(39)18-22-14-16-24(42-2)17-15-22/h4,6-7,10-11,14-17H,3,5,8-9,12-13,18-21H2,1-2H3,(H,34,39)(H,35,40). The summed E-state index contributed by atoms with van der Waals surface area (Å²) in [5, 5.41) is 15.8. The van der Waals surface area contributed by atoms with E-state index in [4.69, 9.17) is 9.47 Å². The molecule has 12 heteroatoms. The van der Waals surface area contributed by atoms with E-state index in [2.05, 4.69) is 20.8 Å². The molecule has 10 nitrogen and oxygen atoms in total. The van der Waals surface area contributed by atoms with Crippen LogP contribution in [0.1, 0.15) is 63.9 Å². The number of nitrogens with one attached hydrogen (secondary N) is 2. The Balaban J connectivity index is 1.27. The van der Waals surface area contributed by atoms with E-state index in [9.17, 15) is 14.4 Å². The number of thioether (sulfide) groups is 1. The number of nitrogens with zero attached hydrogens (tertiary/aromatic N) is 3. The van der Waals surface area contributed by atoms with Gasteiger partial charge in [0.25, 0.3) is 0 Å². The number of carbonyl (C=O) groups is 3. The Morgan fingerprint density at radius 1 is 0.956 bits per heavy atom. The number of thiophene rings is 1. The molecular weight excluding hydrogens is 611 g/mol. The van der Waals surface area contributed by atoms with Crippen LogP contribution in [-0.2, 0) is 46.7 Å². The van der Waals surface area contributed by atoms with Crippen LogP contribution in [-0.4, -0.2) is 52.0 Å². The number of fused-ring (bicyclic) bond motifs is 1. The van der Waals surface area contributed by atoms with Crippen LogP contribution >= 0.6 is 23.1 Å². The van der Waals surface area contributed by atoms with Crippen LogP contribution in [0.25, 0.3) is 0 Å². The van der Waals surface area contributed by atoms with Crippen LogP contribution in [0.4, 0.5) is 5.00 Å². The summed E-state index contributed by atoms with van der Waals surface area (Å²) in [5.41, 5.74) is 3.42. The van der Waals surface area contributed by atoms with Crippen molar-refractivity contribution in [3.63, 3.8) is 0 Å². The maximum absolute atomic E-state index is 13.2. The van der Waals surface area contributed by atoms with Gasteiger partial charge in [-0.15, -0.1) is 21.5 Å². The summed E-state index contributed by atoms with van der Waals surface area (Å²) in [6, 6.07) is 17.2. The molecule has 236 valence electrons. The van der Waals surface area contributed by atoms with Crippen molar-refractivity contribution >= 4 is 45.9 Å². The average Bonchev–Trinajstić information content (AvgIpc) is 3.50. The molecule has 0 atom stereocenters. The van der Waals surface area contributed by atoms with E-state index >= 15 is 0 Å². The third-order valence-corrected chi connectivity index (χ3v) is 9.60. The number of hydrogen-bond acceptors (Lipinski definition) is 9. The third kappa shape index (κ3) is 8.52. The van der Waals surface area contributed by atoms with Crippen molar-refractivity contribution in [2.75, 3.05) is 24.8 Å². The van der Waals surface area contributed by atoms with Crippen LogP contribution in [0, 0.1) is 0 Å². The molecule has 0 aliphatic heterocycles. The number of anilines is 1. The number of aromatic nitrogens is 3. The van der Waals surface area contributed by atoms with Gasteiger partial charge in [0.05, 0.1) is 44.5 Å². The van der Waals surface area contributed by atoms with Gasteiger partial charge in [-0.05, 0) is 61.4 Å². The molecular formula is C33H37N5O5S2. The Labute approximate surface area is 270 Å². The lowest BCUT2D eigenvalue weighted by Crippen LogP contribution is -2.26. The number of aryl methyl sites for hydroxylation is 1. The fraction of sp³-hybridized carbons (Fsp3) is 0.364. The smallest absolute Gasteiger partial charge is 0.341 e. The van der Waals surface area contributed by atoms with Gasteiger partial charge in [-0.2, -0.15) is 0 Å². The number of ether oxygens (including phenoxy) is 2. The Morgan fingerprint density at radius 2 is 1.73 bits per heavy atom. The van der Waals surface area contributed by atoms with Gasteiger partial charge in [0, 0.05) is 4.88 Å². The summed E-state index contributed by atoms with van der Waals surface area (Å²) >= 11 is 2.74. The highest BCUT2D eigenvalue weighted by molar-refractivity contribution is 7.99. The van der Waals surface area contributed by atoms with Gasteiger partial charge in [-0.25, -0.2) is 4.79 Å². The highest BCUT2D eigenvalue weighted by Gasteiger charge is 2.27. The minimum atomic E-state index is -0.388. The second kappa shape index (κ2) is 15.7. The van der Waals surface area contributed by atoms with E-state index in [-0.39, 0.29) is 43.1 Å². The SMILES string of the molecule is CCOC(=O)c1c(NC(=O)CSc2nnc(CNC(=O)Cc3ccc(OC)cc3)n2Cc2ccccc2)sc2c1CCCCC2. The van der Waals surface area contributed by atoms with Crippen LogP contribution in [0.15, 0.2) is 59.8 Å². The maximum Gasteiger partial charge on any atom is 0.341 e. The lowest BCUT2D eigenvalue weighted by molar-refractivity contribution is -0.120. The zero-order valence-electron chi connectivity index (χ0n) is 25.5. The first-order chi connectivity index (χ1) is 21.9. The van der Waals surface area contributed by atoms with E-state index in [1.807, 2.05) is 59.2 Å². The van der Waals surface area contributed by atoms with Crippen molar-refractivity contribution < 1.29 is 23.9 Å². The Bertz CT molecular complexity index is 1620. The molecule has 45 heavy (non-hydrogen) atoms. The summed E-state index contributed by atoms with van der Waals surface area (Å²) in [7, 11) is 1.60. The molecule has 4 aromatic rings. The van der Waals surface area contributed by atoms with E-state index in [0.717, 1.165) is 59.4 Å². The van der Waals surface area contributed by atoms with Crippen molar-refractivity contribution in [3.8, 4) is 5.75 Å². The zero-order chi connectivity index (χ0) is 31.6. The molecule has 2 heterocycles. The molecule has 0 saturated carbocycles. The average molecular weight is 648 g/mol. The van der Waals surface area contributed by atoms with Gasteiger partial charge in [0.1, 0.15) is 10.8 Å². The highest BCUT2D eigenvalue weighted by atomic mass is 32.2. The molecule has 2 aromatic heterocycles. The quantitative estimate of drug-likeness (QED) is 0.112. The van der Waals surface area contributed by atoms with Crippen molar-refractivity contribution in [2.24, 2.45) is 0 Å². The fourth-order valence-corrected chi connectivity index (χ4v) is 7.24. The number of rotatable bonds is 13. The molecule has 0 bridgehead atoms. The molecule has 2 aromatic carbocycles. The maximum atomic E-state index is 13.2. The number of amides is 2. The van der Waals surface area contributed by atoms with E-state index in [1.165, 1.54) is 23.1 Å².